The molecule has 0 saturated heterocycles. The summed E-state index contributed by atoms with van der Waals surface area (Å²) in [5, 5.41) is 0. The molecule has 2 aromatic carbocycles. The van der Waals surface area contributed by atoms with Crippen LogP contribution in [0.2, 0.25) is 0 Å². The van der Waals surface area contributed by atoms with Gasteiger partial charge in [-0.1, -0.05) is 62.2 Å². The van der Waals surface area contributed by atoms with E-state index in [2.05, 4.69) is 16.6 Å². The van der Waals surface area contributed by atoms with Crippen LogP contribution in [0.25, 0.3) is 22.4 Å². The van der Waals surface area contributed by atoms with E-state index in [1.54, 1.807) is 12.1 Å². The monoisotopic (exact) mass is 373 g/mol. The summed E-state index contributed by atoms with van der Waals surface area (Å²) in [5.41, 5.74) is 4.79. The Morgan fingerprint density at radius 1 is 1.04 bits per heavy atom. The molecule has 0 radical (unpaired) electrons. The van der Waals surface area contributed by atoms with Crippen LogP contribution in [0.4, 0.5) is 4.39 Å². The Morgan fingerprint density at radius 3 is 2.32 bits per heavy atom. The lowest BCUT2D eigenvalue weighted by atomic mass is 9.92. The van der Waals surface area contributed by atoms with Gasteiger partial charge in [-0.25, -0.2) is 9.18 Å². The predicted molar refractivity (Wildman–Crippen MR) is 108 cm³/mol. The highest BCUT2D eigenvalue weighted by Gasteiger charge is 2.16. The number of benzene rings is 2. The van der Waals surface area contributed by atoms with Crippen molar-refractivity contribution in [3.8, 4) is 34.2 Å². The highest BCUT2D eigenvalue weighted by Crippen LogP contribution is 2.33. The van der Waals surface area contributed by atoms with E-state index in [1.165, 1.54) is 19.2 Å². The van der Waals surface area contributed by atoms with Gasteiger partial charge in [0.25, 0.3) is 0 Å². The van der Waals surface area contributed by atoms with Gasteiger partial charge >= 0.3 is 5.97 Å². The van der Waals surface area contributed by atoms with Crippen molar-refractivity contribution in [3.05, 3.63) is 77.7 Å². The number of hydrogen-bond acceptors (Lipinski definition) is 3. The number of aromatic nitrogens is 1. The van der Waals surface area contributed by atoms with Crippen LogP contribution in [-0.4, -0.2) is 18.1 Å². The molecule has 0 aliphatic rings. The van der Waals surface area contributed by atoms with Gasteiger partial charge in [-0.3, -0.25) is 4.98 Å². The molecule has 0 amide bonds. The summed E-state index contributed by atoms with van der Waals surface area (Å²) < 4.78 is 18.1. The van der Waals surface area contributed by atoms with Gasteiger partial charge in [-0.2, -0.15) is 0 Å². The van der Waals surface area contributed by atoms with Crippen molar-refractivity contribution in [2.24, 2.45) is 0 Å². The van der Waals surface area contributed by atoms with Crippen molar-refractivity contribution in [1.29, 1.82) is 0 Å². The zero-order chi connectivity index (χ0) is 20.1. The lowest BCUT2D eigenvalue weighted by molar-refractivity contribution is -0.133. The Kier molecular flexibility index (Phi) is 5.86. The maximum absolute atomic E-state index is 13.5. The third-order valence-electron chi connectivity index (χ3n) is 4.29. The van der Waals surface area contributed by atoms with E-state index in [9.17, 15) is 9.18 Å². The number of esters is 1. The van der Waals surface area contributed by atoms with Crippen molar-refractivity contribution in [2.75, 3.05) is 7.11 Å². The van der Waals surface area contributed by atoms with E-state index in [0.717, 1.165) is 28.1 Å². The molecule has 0 spiro atoms. The van der Waals surface area contributed by atoms with E-state index in [0.29, 0.717) is 5.56 Å². The van der Waals surface area contributed by atoms with Crippen LogP contribution in [0.3, 0.4) is 0 Å². The van der Waals surface area contributed by atoms with Crippen LogP contribution < -0.4 is 0 Å². The number of carbonyl (C=O) groups excluding carboxylic acids is 1. The molecule has 0 fully saturated rings. The molecule has 3 nitrogen and oxygen atoms in total. The molecule has 0 N–H and O–H groups in total. The Hall–Kier alpha value is -3.45. The summed E-state index contributed by atoms with van der Waals surface area (Å²) >= 11 is 0. The molecule has 28 heavy (non-hydrogen) atoms. The number of halogens is 1. The van der Waals surface area contributed by atoms with E-state index < -0.39 is 5.97 Å². The topological polar surface area (TPSA) is 39.2 Å². The molecule has 140 valence electrons. The van der Waals surface area contributed by atoms with Gasteiger partial charge in [0.2, 0.25) is 0 Å². The Balaban J connectivity index is 2.30. The van der Waals surface area contributed by atoms with Crippen molar-refractivity contribution in [3.63, 3.8) is 0 Å². The van der Waals surface area contributed by atoms with E-state index >= 15 is 0 Å². The van der Waals surface area contributed by atoms with Crippen LogP contribution in [0.5, 0.6) is 0 Å². The molecule has 3 rings (SSSR count). The first-order valence-corrected chi connectivity index (χ1v) is 8.96. The van der Waals surface area contributed by atoms with Crippen LogP contribution in [0, 0.1) is 17.7 Å². The highest BCUT2D eigenvalue weighted by molar-refractivity contribution is 5.90. The minimum atomic E-state index is -0.619. The standard InChI is InChI=1S/C24H20FNO2/c1-16(2)24-20(13-14-23(27)28-3)21(17-9-11-19(25)12-10-17)15-22(26-24)18-7-5-4-6-8-18/h4-12,15-16H,1-3H3. The number of methoxy groups -OCH3 is 1. The normalized spacial score (nSPS) is 10.3. The fraction of sp³-hybridized carbons (Fsp3) is 0.167. The Morgan fingerprint density at radius 2 is 1.71 bits per heavy atom. The number of ether oxygens (including phenoxy) is 1. The summed E-state index contributed by atoms with van der Waals surface area (Å²) in [6.07, 6.45) is 0. The van der Waals surface area contributed by atoms with Crippen LogP contribution in [0.1, 0.15) is 31.0 Å². The maximum Gasteiger partial charge on any atom is 0.384 e. The largest absolute Gasteiger partial charge is 0.459 e. The van der Waals surface area contributed by atoms with Crippen LogP contribution >= 0.6 is 0 Å². The minimum absolute atomic E-state index is 0.0739. The first-order valence-electron chi connectivity index (χ1n) is 8.96. The summed E-state index contributed by atoms with van der Waals surface area (Å²) in [5.74, 6) is 4.57. The number of rotatable bonds is 3. The summed E-state index contributed by atoms with van der Waals surface area (Å²) in [7, 11) is 1.29. The molecule has 1 heterocycles. The highest BCUT2D eigenvalue weighted by atomic mass is 19.1. The first kappa shape index (κ1) is 19.3. The summed E-state index contributed by atoms with van der Waals surface area (Å²) in [4.78, 5) is 16.4. The minimum Gasteiger partial charge on any atom is -0.459 e. The number of carbonyl (C=O) groups is 1. The zero-order valence-corrected chi connectivity index (χ0v) is 16.0. The first-order chi connectivity index (χ1) is 13.5. The average molecular weight is 373 g/mol. The van der Waals surface area contributed by atoms with Gasteiger partial charge in [0, 0.05) is 17.0 Å². The lowest BCUT2D eigenvalue weighted by Gasteiger charge is -2.16. The quantitative estimate of drug-likeness (QED) is 0.468. The second kappa shape index (κ2) is 8.49. The smallest absolute Gasteiger partial charge is 0.384 e. The second-order valence-electron chi connectivity index (χ2n) is 6.58. The molecule has 0 bridgehead atoms. The van der Waals surface area contributed by atoms with Crippen LogP contribution in [0.15, 0.2) is 60.7 Å². The molecule has 0 saturated carbocycles. The molecule has 0 aliphatic carbocycles. The fourth-order valence-electron chi connectivity index (χ4n) is 2.89. The molecule has 0 atom stereocenters. The second-order valence-corrected chi connectivity index (χ2v) is 6.58. The third kappa shape index (κ3) is 4.27. The Bertz CT molecular complexity index is 1050. The summed E-state index contributed by atoms with van der Waals surface area (Å²) in [6.45, 7) is 4.05. The maximum atomic E-state index is 13.5. The van der Waals surface area contributed by atoms with Crippen molar-refractivity contribution >= 4 is 5.97 Å². The van der Waals surface area contributed by atoms with Crippen molar-refractivity contribution in [2.45, 2.75) is 19.8 Å². The van der Waals surface area contributed by atoms with Gasteiger partial charge in [0.15, 0.2) is 0 Å². The molecule has 0 aliphatic heterocycles. The van der Waals surface area contributed by atoms with Crippen molar-refractivity contribution < 1.29 is 13.9 Å². The lowest BCUT2D eigenvalue weighted by Crippen LogP contribution is -2.03. The molecular weight excluding hydrogens is 353 g/mol. The van der Waals surface area contributed by atoms with Gasteiger partial charge in [-0.15, -0.1) is 0 Å². The zero-order valence-electron chi connectivity index (χ0n) is 16.0. The van der Waals surface area contributed by atoms with E-state index in [-0.39, 0.29) is 11.7 Å². The van der Waals surface area contributed by atoms with Gasteiger partial charge < -0.3 is 4.74 Å². The average Bonchev–Trinajstić information content (AvgIpc) is 2.72. The fourth-order valence-corrected chi connectivity index (χ4v) is 2.89. The SMILES string of the molecule is COC(=O)C#Cc1c(-c2ccc(F)cc2)cc(-c2ccccc2)nc1C(C)C. The third-order valence-corrected chi connectivity index (χ3v) is 4.29. The van der Waals surface area contributed by atoms with Crippen LogP contribution in [-0.2, 0) is 9.53 Å². The number of pyridine rings is 1. The van der Waals surface area contributed by atoms with Crippen molar-refractivity contribution in [1.82, 2.24) is 4.98 Å². The number of hydrogen-bond donors (Lipinski definition) is 0. The molecule has 1 aromatic heterocycles. The molecule has 4 heteroatoms. The van der Waals surface area contributed by atoms with Gasteiger partial charge in [0.1, 0.15) is 5.82 Å². The molecular formula is C24H20FNO2. The summed E-state index contributed by atoms with van der Waals surface area (Å²) in [6, 6.07) is 18.0. The van der Waals surface area contributed by atoms with Gasteiger partial charge in [0.05, 0.1) is 24.1 Å². The van der Waals surface area contributed by atoms with E-state index in [4.69, 9.17) is 4.98 Å². The molecule has 3 aromatic rings. The molecule has 0 unspecified atom stereocenters. The van der Waals surface area contributed by atoms with E-state index in [1.807, 2.05) is 50.2 Å². The van der Waals surface area contributed by atoms with Gasteiger partial charge in [-0.05, 0) is 29.7 Å². The predicted octanol–water partition coefficient (Wildman–Crippen LogP) is 5.20. The Labute approximate surface area is 164 Å². The number of nitrogens with zero attached hydrogens (tertiary/aromatic N) is 1.